The van der Waals surface area contributed by atoms with E-state index < -0.39 is 0 Å². The summed E-state index contributed by atoms with van der Waals surface area (Å²) in [6.07, 6.45) is 18.2. The van der Waals surface area contributed by atoms with Crippen molar-refractivity contribution in [2.24, 2.45) is 0 Å². The summed E-state index contributed by atoms with van der Waals surface area (Å²) >= 11 is 3.77. The monoisotopic (exact) mass is 510 g/mol. The van der Waals surface area contributed by atoms with E-state index in [1.807, 2.05) is 6.07 Å². The maximum atomic E-state index is 12.3. The van der Waals surface area contributed by atoms with Gasteiger partial charge in [-0.25, -0.2) is 0 Å². The molecular weight excluding hydrogens is 468 g/mol. The molecule has 0 aromatic heterocycles. The van der Waals surface area contributed by atoms with Crippen LogP contribution in [0, 0.1) is 0 Å². The molecule has 0 atom stereocenters. The highest BCUT2D eigenvalue weighted by Gasteiger charge is 2.42. The zero-order chi connectivity index (χ0) is 23.7. The molecule has 2 aromatic rings. The third-order valence-electron chi connectivity index (χ3n) is 7.64. The highest BCUT2D eigenvalue weighted by atomic mass is 79.9. The Bertz CT molecular complexity index is 897. The van der Waals surface area contributed by atoms with Gasteiger partial charge in [-0.3, -0.25) is 4.79 Å². The maximum absolute atomic E-state index is 12.3. The van der Waals surface area contributed by atoms with E-state index >= 15 is 0 Å². The second-order valence-electron chi connectivity index (χ2n) is 10.1. The number of Topliss-reactive ketones (excluding diaryl/α,β-unsaturated/α-hetero) is 1. The van der Waals surface area contributed by atoms with Crippen LogP contribution >= 0.6 is 15.9 Å². The van der Waals surface area contributed by atoms with Gasteiger partial charge in [0.05, 0.1) is 0 Å². The number of ketones is 1. The fourth-order valence-corrected chi connectivity index (χ4v) is 6.13. The molecule has 0 heterocycles. The van der Waals surface area contributed by atoms with Gasteiger partial charge in [0.25, 0.3) is 0 Å². The molecule has 0 spiro atoms. The van der Waals surface area contributed by atoms with Gasteiger partial charge in [0.2, 0.25) is 0 Å². The Morgan fingerprint density at radius 2 is 1.18 bits per heavy atom. The largest absolute Gasteiger partial charge is 0.295 e. The zero-order valence-corrected chi connectivity index (χ0v) is 22.7. The molecule has 0 bridgehead atoms. The highest BCUT2D eigenvalue weighted by molar-refractivity contribution is 9.10. The summed E-state index contributed by atoms with van der Waals surface area (Å²) < 4.78 is 1.16. The topological polar surface area (TPSA) is 17.1 Å². The molecule has 2 heteroatoms. The SMILES string of the molecule is CCCCCCCCC1(CCCCCCCC)c2cc(Br)ccc2-c2ccc(C(C)=O)cc21. The van der Waals surface area contributed by atoms with Gasteiger partial charge in [-0.2, -0.15) is 0 Å². The van der Waals surface area contributed by atoms with Crippen molar-refractivity contribution >= 4 is 21.7 Å². The summed E-state index contributed by atoms with van der Waals surface area (Å²) in [7, 11) is 0. The molecule has 0 aliphatic heterocycles. The Morgan fingerprint density at radius 3 is 1.73 bits per heavy atom. The molecule has 1 aliphatic carbocycles. The van der Waals surface area contributed by atoms with Crippen molar-refractivity contribution in [2.75, 3.05) is 0 Å². The minimum atomic E-state index is 0.0371. The standard InChI is InChI=1S/C31H43BrO/c1-4-6-8-10-12-14-20-31(21-15-13-11-9-7-5-2)29-22-25(24(3)33)16-18-27(29)28-19-17-26(32)23-30(28)31/h16-19,22-23H,4-15,20-21H2,1-3H3. The minimum absolute atomic E-state index is 0.0371. The number of carbonyl (C=O) groups excluding carboxylic acids is 1. The normalized spacial score (nSPS) is 13.7. The lowest BCUT2D eigenvalue weighted by Gasteiger charge is -2.33. The molecule has 0 saturated carbocycles. The van der Waals surface area contributed by atoms with Crippen LogP contribution in [0.5, 0.6) is 0 Å². The molecule has 0 fully saturated rings. The summed E-state index contributed by atoms with van der Waals surface area (Å²) in [6, 6.07) is 13.3. The second-order valence-corrected chi connectivity index (χ2v) is 11.0. The van der Waals surface area contributed by atoms with Gasteiger partial charge in [-0.1, -0.05) is 125 Å². The fraction of sp³-hybridized carbons (Fsp3) is 0.581. The van der Waals surface area contributed by atoms with E-state index in [9.17, 15) is 4.79 Å². The van der Waals surface area contributed by atoms with Crippen LogP contribution in [0.2, 0.25) is 0 Å². The van der Waals surface area contributed by atoms with E-state index in [2.05, 4.69) is 60.1 Å². The van der Waals surface area contributed by atoms with E-state index in [0.717, 1.165) is 10.0 Å². The van der Waals surface area contributed by atoms with Crippen LogP contribution in [-0.2, 0) is 5.41 Å². The van der Waals surface area contributed by atoms with Crippen molar-refractivity contribution in [3.8, 4) is 11.1 Å². The summed E-state index contributed by atoms with van der Waals surface area (Å²) in [5.74, 6) is 0.169. The van der Waals surface area contributed by atoms with Crippen LogP contribution < -0.4 is 0 Å². The Morgan fingerprint density at radius 1 is 0.697 bits per heavy atom. The van der Waals surface area contributed by atoms with Crippen molar-refractivity contribution in [1.82, 2.24) is 0 Å². The average Bonchev–Trinajstić information content (AvgIpc) is 3.07. The lowest BCUT2D eigenvalue weighted by atomic mass is 9.70. The number of fused-ring (bicyclic) bond motifs is 3. The first-order chi connectivity index (χ1) is 16.0. The number of benzene rings is 2. The predicted molar refractivity (Wildman–Crippen MR) is 146 cm³/mol. The molecule has 2 aromatic carbocycles. The highest BCUT2D eigenvalue weighted by Crippen LogP contribution is 2.55. The average molecular weight is 512 g/mol. The second kappa shape index (κ2) is 12.9. The Kier molecular flexibility index (Phi) is 10.2. The third-order valence-corrected chi connectivity index (χ3v) is 8.14. The minimum Gasteiger partial charge on any atom is -0.295 e. The van der Waals surface area contributed by atoms with Gasteiger partial charge >= 0.3 is 0 Å². The number of hydrogen-bond donors (Lipinski definition) is 0. The molecule has 0 saturated heterocycles. The van der Waals surface area contributed by atoms with Gasteiger partial charge in [0.15, 0.2) is 5.78 Å². The van der Waals surface area contributed by atoms with Gasteiger partial charge in [0, 0.05) is 15.5 Å². The number of rotatable bonds is 15. The van der Waals surface area contributed by atoms with Crippen molar-refractivity contribution in [1.29, 1.82) is 0 Å². The molecule has 0 unspecified atom stereocenters. The van der Waals surface area contributed by atoms with Crippen molar-refractivity contribution in [3.63, 3.8) is 0 Å². The molecular formula is C31H43BrO. The first-order valence-electron chi connectivity index (χ1n) is 13.5. The number of unbranched alkanes of at least 4 members (excludes halogenated alkanes) is 10. The van der Waals surface area contributed by atoms with Crippen molar-refractivity contribution in [2.45, 2.75) is 116 Å². The van der Waals surface area contributed by atoms with E-state index in [-0.39, 0.29) is 11.2 Å². The smallest absolute Gasteiger partial charge is 0.159 e. The Balaban J connectivity index is 1.92. The summed E-state index contributed by atoms with van der Waals surface area (Å²) in [5.41, 5.74) is 6.51. The van der Waals surface area contributed by atoms with E-state index in [0.29, 0.717) is 0 Å². The van der Waals surface area contributed by atoms with E-state index in [1.165, 1.54) is 112 Å². The summed E-state index contributed by atoms with van der Waals surface area (Å²) in [5, 5.41) is 0. The molecule has 3 rings (SSSR count). The molecule has 0 N–H and O–H groups in total. The molecule has 1 nitrogen and oxygen atoms in total. The zero-order valence-electron chi connectivity index (χ0n) is 21.1. The van der Waals surface area contributed by atoms with E-state index in [1.54, 1.807) is 6.92 Å². The molecule has 1 aliphatic rings. The summed E-state index contributed by atoms with van der Waals surface area (Å²) in [6.45, 7) is 6.27. The van der Waals surface area contributed by atoms with Crippen LogP contribution in [0.3, 0.4) is 0 Å². The first kappa shape index (κ1) is 26.2. The number of halogens is 1. The van der Waals surface area contributed by atoms with Crippen LogP contribution in [0.15, 0.2) is 40.9 Å². The van der Waals surface area contributed by atoms with E-state index in [4.69, 9.17) is 0 Å². The Hall–Kier alpha value is -1.41. The lowest BCUT2D eigenvalue weighted by Crippen LogP contribution is -2.26. The first-order valence-corrected chi connectivity index (χ1v) is 14.3. The predicted octanol–water partition coefficient (Wildman–Crippen LogP) is 10.4. The van der Waals surface area contributed by atoms with Gasteiger partial charge in [-0.15, -0.1) is 0 Å². The number of hydrogen-bond acceptors (Lipinski definition) is 1. The molecule has 180 valence electrons. The van der Waals surface area contributed by atoms with Crippen molar-refractivity contribution < 1.29 is 4.79 Å². The van der Waals surface area contributed by atoms with Crippen molar-refractivity contribution in [3.05, 3.63) is 57.6 Å². The van der Waals surface area contributed by atoms with Crippen LogP contribution in [0.25, 0.3) is 11.1 Å². The Labute approximate surface area is 210 Å². The quantitative estimate of drug-likeness (QED) is 0.172. The fourth-order valence-electron chi connectivity index (χ4n) is 5.76. The van der Waals surface area contributed by atoms with Crippen LogP contribution in [-0.4, -0.2) is 5.78 Å². The van der Waals surface area contributed by atoms with Crippen LogP contribution in [0.1, 0.15) is 132 Å². The van der Waals surface area contributed by atoms with Gasteiger partial charge in [0.1, 0.15) is 0 Å². The lowest BCUT2D eigenvalue weighted by molar-refractivity contribution is 0.101. The van der Waals surface area contributed by atoms with Crippen LogP contribution in [0.4, 0.5) is 0 Å². The van der Waals surface area contributed by atoms with Gasteiger partial charge in [-0.05, 0) is 60.2 Å². The third kappa shape index (κ3) is 6.38. The number of carbonyl (C=O) groups is 1. The van der Waals surface area contributed by atoms with Gasteiger partial charge < -0.3 is 0 Å². The summed E-state index contributed by atoms with van der Waals surface area (Å²) in [4.78, 5) is 12.3. The maximum Gasteiger partial charge on any atom is 0.159 e. The molecule has 0 amide bonds. The molecule has 33 heavy (non-hydrogen) atoms. The molecule has 0 radical (unpaired) electrons.